The summed E-state index contributed by atoms with van der Waals surface area (Å²) in [7, 11) is 0. The maximum Gasteiger partial charge on any atom is 0.229 e. The molecule has 1 saturated carbocycles. The van der Waals surface area contributed by atoms with Crippen LogP contribution in [0.1, 0.15) is 72.3 Å². The molecule has 4 nitrogen and oxygen atoms in total. The van der Waals surface area contributed by atoms with Crippen LogP contribution in [0.25, 0.3) is 21.9 Å². The van der Waals surface area contributed by atoms with Gasteiger partial charge in [-0.1, -0.05) is 94.6 Å². The highest BCUT2D eigenvalue weighted by Crippen LogP contribution is 2.61. The molecule has 0 aromatic heterocycles. The Morgan fingerprint density at radius 3 is 2.21 bits per heavy atom. The van der Waals surface area contributed by atoms with Gasteiger partial charge in [0.2, 0.25) is 5.72 Å². The van der Waals surface area contributed by atoms with Gasteiger partial charge in [0, 0.05) is 36.4 Å². The maximum atomic E-state index is 7.57. The van der Waals surface area contributed by atoms with Crippen molar-refractivity contribution in [2.45, 2.75) is 77.9 Å². The molecule has 0 radical (unpaired) electrons. The Morgan fingerprint density at radius 2 is 1.51 bits per heavy atom. The fraction of sp³-hybridized carbons (Fsp3) is 0.410. The molecule has 4 aromatic carbocycles. The van der Waals surface area contributed by atoms with Crippen LogP contribution >= 0.6 is 0 Å². The second-order valence-electron chi connectivity index (χ2n) is 13.9. The number of fused-ring (bicyclic) bond motifs is 6. The van der Waals surface area contributed by atoms with Crippen molar-refractivity contribution in [2.24, 2.45) is 10.4 Å². The lowest BCUT2D eigenvalue weighted by atomic mass is 9.64. The summed E-state index contributed by atoms with van der Waals surface area (Å²) in [5, 5.41) is 2.34. The van der Waals surface area contributed by atoms with Crippen molar-refractivity contribution in [1.82, 2.24) is 0 Å². The predicted octanol–water partition coefficient (Wildman–Crippen LogP) is 9.91. The summed E-state index contributed by atoms with van der Waals surface area (Å²) in [6, 6.07) is 29.1. The fourth-order valence-electron chi connectivity index (χ4n) is 8.11. The SMILES string of the molecule is CCN(CC)c1ccc(-c2cc3c(c4ccccc24)OC2(C=N3)N(CC(C)(C)C)c3ccccc3C23CCCCC3)cc1. The third-order valence-corrected chi connectivity index (χ3v) is 10.1. The predicted molar refractivity (Wildman–Crippen MR) is 182 cm³/mol. The van der Waals surface area contributed by atoms with Crippen LogP contribution < -0.4 is 14.5 Å². The highest BCUT2D eigenvalue weighted by molar-refractivity contribution is 6.05. The van der Waals surface area contributed by atoms with Crippen LogP contribution in [0.3, 0.4) is 0 Å². The molecule has 0 N–H and O–H groups in total. The van der Waals surface area contributed by atoms with Crippen LogP contribution in [0.4, 0.5) is 17.1 Å². The van der Waals surface area contributed by atoms with E-state index in [1.807, 2.05) is 0 Å². The average Bonchev–Trinajstić information content (AvgIpc) is 3.21. The lowest BCUT2D eigenvalue weighted by Crippen LogP contribution is -2.65. The van der Waals surface area contributed by atoms with Crippen molar-refractivity contribution >= 4 is 34.0 Å². The van der Waals surface area contributed by atoms with E-state index in [2.05, 4.69) is 129 Å². The zero-order chi connectivity index (χ0) is 29.8. The Bertz CT molecular complexity index is 1670. The Balaban J connectivity index is 1.40. The second kappa shape index (κ2) is 10.4. The van der Waals surface area contributed by atoms with E-state index >= 15 is 0 Å². The number of benzene rings is 4. The molecule has 3 aliphatic rings. The van der Waals surface area contributed by atoms with Gasteiger partial charge in [0.25, 0.3) is 0 Å². The van der Waals surface area contributed by atoms with Gasteiger partial charge in [-0.2, -0.15) is 0 Å². The van der Waals surface area contributed by atoms with E-state index in [1.165, 1.54) is 52.7 Å². The molecule has 1 unspecified atom stereocenters. The van der Waals surface area contributed by atoms with Gasteiger partial charge in [-0.05, 0) is 78.4 Å². The van der Waals surface area contributed by atoms with Gasteiger partial charge >= 0.3 is 0 Å². The first-order valence-corrected chi connectivity index (χ1v) is 16.3. The third-order valence-electron chi connectivity index (χ3n) is 10.1. The smallest absolute Gasteiger partial charge is 0.229 e. The molecule has 7 rings (SSSR count). The minimum Gasteiger partial charge on any atom is -0.459 e. The molecular weight excluding hydrogens is 526 g/mol. The quantitative estimate of drug-likeness (QED) is 0.239. The summed E-state index contributed by atoms with van der Waals surface area (Å²) in [5.41, 5.74) is 6.62. The number of hydrogen-bond donors (Lipinski definition) is 0. The van der Waals surface area contributed by atoms with E-state index in [9.17, 15) is 0 Å². The molecule has 1 aliphatic carbocycles. The molecule has 4 heteroatoms. The molecule has 222 valence electrons. The number of aliphatic imine (C=N–C) groups is 1. The highest BCUT2D eigenvalue weighted by atomic mass is 16.5. The molecule has 2 spiro atoms. The zero-order valence-corrected chi connectivity index (χ0v) is 26.5. The van der Waals surface area contributed by atoms with Crippen molar-refractivity contribution in [2.75, 3.05) is 29.4 Å². The fourth-order valence-corrected chi connectivity index (χ4v) is 8.11. The number of para-hydroxylation sites is 1. The van der Waals surface area contributed by atoms with Gasteiger partial charge in [0.1, 0.15) is 5.69 Å². The monoisotopic (exact) mass is 571 g/mol. The Hall–Kier alpha value is -3.79. The Labute approximate surface area is 257 Å². The van der Waals surface area contributed by atoms with Crippen LogP contribution in [0.15, 0.2) is 83.9 Å². The number of ether oxygens (including phenoxy) is 1. The van der Waals surface area contributed by atoms with Crippen molar-refractivity contribution < 1.29 is 4.74 Å². The number of nitrogens with zero attached hydrogens (tertiary/aromatic N) is 3. The van der Waals surface area contributed by atoms with Crippen molar-refractivity contribution in [3.63, 3.8) is 0 Å². The molecule has 0 amide bonds. The zero-order valence-electron chi connectivity index (χ0n) is 26.5. The third kappa shape index (κ3) is 4.36. The van der Waals surface area contributed by atoms with Crippen LogP contribution in [-0.2, 0) is 5.41 Å². The maximum absolute atomic E-state index is 7.57. The Kier molecular flexibility index (Phi) is 6.80. The van der Waals surface area contributed by atoms with E-state index in [4.69, 9.17) is 9.73 Å². The van der Waals surface area contributed by atoms with Crippen LogP contribution in [0.5, 0.6) is 5.75 Å². The summed E-state index contributed by atoms with van der Waals surface area (Å²) < 4.78 is 7.57. The normalized spacial score (nSPS) is 20.3. The minimum absolute atomic E-state index is 0.0843. The first-order valence-electron chi connectivity index (χ1n) is 16.3. The molecule has 1 atom stereocenters. The molecule has 0 bridgehead atoms. The van der Waals surface area contributed by atoms with Crippen LogP contribution in [0, 0.1) is 5.41 Å². The molecule has 43 heavy (non-hydrogen) atoms. The number of hydrogen-bond acceptors (Lipinski definition) is 4. The molecule has 1 fully saturated rings. The summed E-state index contributed by atoms with van der Waals surface area (Å²) >= 11 is 0. The van der Waals surface area contributed by atoms with Gasteiger partial charge in [-0.25, -0.2) is 0 Å². The first kappa shape index (κ1) is 28.0. The second-order valence-corrected chi connectivity index (χ2v) is 13.9. The van der Waals surface area contributed by atoms with Gasteiger partial charge < -0.3 is 14.5 Å². The summed E-state index contributed by atoms with van der Waals surface area (Å²) in [5.74, 6) is 0.915. The van der Waals surface area contributed by atoms with E-state index in [1.54, 1.807) is 0 Å². The molecule has 2 heterocycles. The highest BCUT2D eigenvalue weighted by Gasteiger charge is 2.64. The molecule has 0 saturated heterocycles. The lowest BCUT2D eigenvalue weighted by molar-refractivity contribution is 0.0330. The number of anilines is 2. The van der Waals surface area contributed by atoms with Gasteiger partial charge in [0.05, 0.1) is 11.6 Å². The van der Waals surface area contributed by atoms with E-state index < -0.39 is 5.72 Å². The average molecular weight is 572 g/mol. The standard InChI is InChI=1S/C39H45N3O/c1-6-41(7-2)29-21-19-28(20-22-29)32-25-34-36(31-16-10-9-15-30(31)32)43-39(26-40-34)38(23-13-8-14-24-38)33-17-11-12-18-35(33)42(39)27-37(3,4)5/h9-12,15-22,25-26H,6-8,13-14,23-24,27H2,1-5H3. The van der Waals surface area contributed by atoms with Crippen molar-refractivity contribution in [3.8, 4) is 16.9 Å². The van der Waals surface area contributed by atoms with Gasteiger partial charge in [-0.3, -0.25) is 4.99 Å². The minimum atomic E-state index is -0.660. The lowest BCUT2D eigenvalue weighted by Gasteiger charge is -2.52. The Morgan fingerprint density at radius 1 is 0.837 bits per heavy atom. The molecular formula is C39H45N3O. The number of rotatable bonds is 5. The van der Waals surface area contributed by atoms with Crippen molar-refractivity contribution in [3.05, 3.63) is 84.4 Å². The molecule has 2 aliphatic heterocycles. The summed E-state index contributed by atoms with van der Waals surface area (Å²) in [6.07, 6.45) is 8.13. The van der Waals surface area contributed by atoms with E-state index in [0.29, 0.717) is 0 Å². The summed E-state index contributed by atoms with van der Waals surface area (Å²) in [4.78, 5) is 10.3. The van der Waals surface area contributed by atoms with Gasteiger partial charge in [-0.15, -0.1) is 0 Å². The van der Waals surface area contributed by atoms with Crippen molar-refractivity contribution in [1.29, 1.82) is 0 Å². The largest absolute Gasteiger partial charge is 0.459 e. The first-order chi connectivity index (χ1) is 20.8. The van der Waals surface area contributed by atoms with Crippen LogP contribution in [0.2, 0.25) is 0 Å². The van der Waals surface area contributed by atoms with E-state index in [-0.39, 0.29) is 10.8 Å². The summed E-state index contributed by atoms with van der Waals surface area (Å²) in [6.45, 7) is 14.3. The van der Waals surface area contributed by atoms with E-state index in [0.717, 1.165) is 49.3 Å². The van der Waals surface area contributed by atoms with Crippen LogP contribution in [-0.4, -0.2) is 31.6 Å². The molecule has 4 aromatic rings. The van der Waals surface area contributed by atoms with Gasteiger partial charge in [0.15, 0.2) is 5.75 Å². The topological polar surface area (TPSA) is 28.1 Å².